The van der Waals surface area contributed by atoms with Gasteiger partial charge in [0, 0.05) is 25.0 Å². The second kappa shape index (κ2) is 7.99. The molecule has 4 heteroatoms. The highest BCUT2D eigenvalue weighted by atomic mass is 16.1. The predicted octanol–water partition coefficient (Wildman–Crippen LogP) is 1.76. The molecule has 0 aromatic carbocycles. The third-order valence-electron chi connectivity index (χ3n) is 4.64. The van der Waals surface area contributed by atoms with E-state index in [1.165, 1.54) is 51.7 Å². The number of piperidine rings is 1. The Morgan fingerprint density at radius 3 is 2.55 bits per heavy atom. The van der Waals surface area contributed by atoms with Crippen LogP contribution in [0.25, 0.3) is 0 Å². The average molecular weight is 281 g/mol. The summed E-state index contributed by atoms with van der Waals surface area (Å²) >= 11 is 0. The van der Waals surface area contributed by atoms with Crippen LogP contribution in [-0.2, 0) is 4.79 Å². The van der Waals surface area contributed by atoms with E-state index in [1.807, 2.05) is 0 Å². The van der Waals surface area contributed by atoms with Crippen LogP contribution in [-0.4, -0.2) is 49.1 Å². The third-order valence-corrected chi connectivity index (χ3v) is 4.64. The van der Waals surface area contributed by atoms with Crippen molar-refractivity contribution in [1.29, 1.82) is 0 Å². The van der Waals surface area contributed by atoms with Gasteiger partial charge >= 0.3 is 0 Å². The molecule has 0 aromatic rings. The summed E-state index contributed by atoms with van der Waals surface area (Å²) in [6.45, 7) is 9.08. The molecule has 2 rings (SSSR count). The molecule has 2 fully saturated rings. The Kier molecular flexibility index (Phi) is 6.30. The zero-order valence-electron chi connectivity index (χ0n) is 13.2. The highest BCUT2D eigenvalue weighted by Crippen LogP contribution is 2.21. The fraction of sp³-hybridized carbons (Fsp3) is 0.938. The number of hydrogen-bond acceptors (Lipinski definition) is 3. The van der Waals surface area contributed by atoms with Gasteiger partial charge in [0.1, 0.15) is 0 Å². The number of likely N-dealkylation sites (tertiary alicyclic amines) is 1. The number of hydrogen-bond donors (Lipinski definition) is 2. The number of nitrogens with zero attached hydrogens (tertiary/aromatic N) is 1. The summed E-state index contributed by atoms with van der Waals surface area (Å²) in [5.74, 6) is 0.986. The minimum Gasteiger partial charge on any atom is -0.353 e. The molecule has 1 saturated heterocycles. The van der Waals surface area contributed by atoms with Crippen molar-refractivity contribution in [1.82, 2.24) is 15.5 Å². The first-order valence-corrected chi connectivity index (χ1v) is 8.44. The van der Waals surface area contributed by atoms with Crippen LogP contribution < -0.4 is 10.6 Å². The predicted molar refractivity (Wildman–Crippen MR) is 82.7 cm³/mol. The number of rotatable bonds is 8. The van der Waals surface area contributed by atoms with E-state index in [1.54, 1.807) is 0 Å². The molecule has 1 aliphatic carbocycles. The first-order chi connectivity index (χ1) is 9.69. The van der Waals surface area contributed by atoms with E-state index in [-0.39, 0.29) is 5.91 Å². The summed E-state index contributed by atoms with van der Waals surface area (Å²) < 4.78 is 0. The molecule has 1 aliphatic heterocycles. The Balaban J connectivity index is 1.55. The monoisotopic (exact) mass is 281 g/mol. The van der Waals surface area contributed by atoms with E-state index < -0.39 is 0 Å². The van der Waals surface area contributed by atoms with Crippen molar-refractivity contribution < 1.29 is 4.79 Å². The molecule has 2 N–H and O–H groups in total. The van der Waals surface area contributed by atoms with Gasteiger partial charge in [-0.15, -0.1) is 0 Å². The van der Waals surface area contributed by atoms with Gasteiger partial charge in [0.2, 0.25) is 5.91 Å². The number of carbonyl (C=O) groups is 1. The molecular formula is C16H31N3O. The van der Waals surface area contributed by atoms with E-state index in [0.29, 0.717) is 18.5 Å². The molecule has 1 saturated carbocycles. The Morgan fingerprint density at radius 1 is 1.25 bits per heavy atom. The zero-order chi connectivity index (χ0) is 14.4. The van der Waals surface area contributed by atoms with Crippen molar-refractivity contribution in [2.24, 2.45) is 5.92 Å². The second-order valence-corrected chi connectivity index (χ2v) is 6.51. The summed E-state index contributed by atoms with van der Waals surface area (Å²) in [5.41, 5.74) is 0. The van der Waals surface area contributed by atoms with Gasteiger partial charge in [0.05, 0.1) is 0 Å². The van der Waals surface area contributed by atoms with Crippen molar-refractivity contribution >= 4 is 5.91 Å². The maximum absolute atomic E-state index is 11.6. The Morgan fingerprint density at radius 2 is 1.95 bits per heavy atom. The van der Waals surface area contributed by atoms with E-state index in [9.17, 15) is 4.79 Å². The number of amides is 1. The molecule has 1 heterocycles. The summed E-state index contributed by atoms with van der Waals surface area (Å²) in [6, 6.07) is 1.02. The van der Waals surface area contributed by atoms with Gasteiger partial charge in [-0.25, -0.2) is 0 Å². The largest absolute Gasteiger partial charge is 0.353 e. The molecule has 20 heavy (non-hydrogen) atoms. The number of nitrogens with one attached hydrogen (secondary N) is 2. The van der Waals surface area contributed by atoms with Gasteiger partial charge in [-0.1, -0.05) is 6.92 Å². The summed E-state index contributed by atoms with van der Waals surface area (Å²) in [5, 5.41) is 6.59. The van der Waals surface area contributed by atoms with E-state index in [0.717, 1.165) is 12.5 Å². The normalized spacial score (nSPS) is 22.7. The van der Waals surface area contributed by atoms with Crippen LogP contribution in [0, 0.1) is 5.92 Å². The lowest BCUT2D eigenvalue weighted by Crippen LogP contribution is -2.43. The van der Waals surface area contributed by atoms with Crippen molar-refractivity contribution in [2.45, 2.75) is 64.5 Å². The lowest BCUT2D eigenvalue weighted by atomic mass is 9.90. The molecule has 4 nitrogen and oxygen atoms in total. The van der Waals surface area contributed by atoms with Crippen molar-refractivity contribution in [3.8, 4) is 0 Å². The molecule has 1 unspecified atom stereocenters. The summed E-state index contributed by atoms with van der Waals surface area (Å²) in [6.07, 6.45) is 6.81. The zero-order valence-corrected chi connectivity index (χ0v) is 13.2. The van der Waals surface area contributed by atoms with Crippen LogP contribution in [0.15, 0.2) is 0 Å². The van der Waals surface area contributed by atoms with Crippen molar-refractivity contribution in [3.63, 3.8) is 0 Å². The summed E-state index contributed by atoms with van der Waals surface area (Å²) in [7, 11) is 0. The fourth-order valence-corrected chi connectivity index (χ4v) is 3.10. The Hall–Kier alpha value is -0.610. The van der Waals surface area contributed by atoms with Gasteiger partial charge in [-0.2, -0.15) is 0 Å². The lowest BCUT2D eigenvalue weighted by Gasteiger charge is -2.35. The van der Waals surface area contributed by atoms with Crippen LogP contribution in [0.4, 0.5) is 0 Å². The van der Waals surface area contributed by atoms with Gasteiger partial charge in [-0.05, 0) is 64.6 Å². The smallest absolute Gasteiger partial charge is 0.221 e. The van der Waals surface area contributed by atoms with Crippen molar-refractivity contribution in [2.75, 3.05) is 26.2 Å². The maximum atomic E-state index is 11.6. The molecular weight excluding hydrogens is 250 g/mol. The van der Waals surface area contributed by atoms with Crippen LogP contribution in [0.3, 0.4) is 0 Å². The quantitative estimate of drug-likeness (QED) is 0.712. The topological polar surface area (TPSA) is 44.4 Å². The second-order valence-electron chi connectivity index (χ2n) is 6.51. The molecule has 2 aliphatic rings. The van der Waals surface area contributed by atoms with E-state index in [2.05, 4.69) is 29.4 Å². The molecule has 116 valence electrons. The third kappa shape index (κ3) is 5.41. The highest BCUT2D eigenvalue weighted by Gasteiger charge is 2.24. The summed E-state index contributed by atoms with van der Waals surface area (Å²) in [4.78, 5) is 14.2. The minimum absolute atomic E-state index is 0.213. The minimum atomic E-state index is 0.213. The fourth-order valence-electron chi connectivity index (χ4n) is 3.10. The van der Waals surface area contributed by atoms with Crippen LogP contribution in [0.2, 0.25) is 0 Å². The molecule has 0 aromatic heterocycles. The first-order valence-electron chi connectivity index (χ1n) is 8.44. The van der Waals surface area contributed by atoms with Crippen LogP contribution >= 0.6 is 0 Å². The molecule has 0 spiro atoms. The Labute approximate surface area is 123 Å². The van der Waals surface area contributed by atoms with Gasteiger partial charge in [0.15, 0.2) is 0 Å². The van der Waals surface area contributed by atoms with Crippen molar-refractivity contribution in [3.05, 3.63) is 0 Å². The van der Waals surface area contributed by atoms with Gasteiger partial charge in [0.25, 0.3) is 0 Å². The van der Waals surface area contributed by atoms with Crippen LogP contribution in [0.1, 0.15) is 52.4 Å². The highest BCUT2D eigenvalue weighted by molar-refractivity contribution is 5.76. The van der Waals surface area contributed by atoms with E-state index >= 15 is 0 Å². The lowest BCUT2D eigenvalue weighted by molar-refractivity contribution is -0.121. The molecule has 0 radical (unpaired) electrons. The van der Waals surface area contributed by atoms with Gasteiger partial charge < -0.3 is 15.5 Å². The first kappa shape index (κ1) is 15.8. The average Bonchev–Trinajstić information content (AvgIpc) is 3.23. The van der Waals surface area contributed by atoms with E-state index in [4.69, 9.17) is 0 Å². The molecule has 1 atom stereocenters. The molecule has 1 amide bonds. The number of carbonyl (C=O) groups excluding carboxylic acids is 1. The molecule has 0 bridgehead atoms. The SMILES string of the molecule is CCCN1CCC(C(C)NCCC(=O)NC2CC2)CC1. The maximum Gasteiger partial charge on any atom is 0.221 e. The van der Waals surface area contributed by atoms with Crippen LogP contribution in [0.5, 0.6) is 0 Å². The van der Waals surface area contributed by atoms with Gasteiger partial charge in [-0.3, -0.25) is 4.79 Å². The Bertz CT molecular complexity index is 296. The standard InChI is InChI=1S/C16H31N3O/c1-3-10-19-11-7-14(8-12-19)13(2)17-9-6-16(20)18-15-4-5-15/h13-15,17H,3-12H2,1-2H3,(H,18,20).